The predicted octanol–water partition coefficient (Wildman–Crippen LogP) is 4.29. The molecular weight excluding hydrogens is 514 g/mol. The molecule has 1 aliphatic rings. The Labute approximate surface area is 225 Å². The first-order chi connectivity index (χ1) is 17.5. The van der Waals surface area contributed by atoms with Gasteiger partial charge in [0, 0.05) is 17.6 Å². The van der Waals surface area contributed by atoms with Gasteiger partial charge in [-0.15, -0.1) is 0 Å². The average molecular weight is 550 g/mol. The van der Waals surface area contributed by atoms with Gasteiger partial charge in [-0.1, -0.05) is 55.6 Å². The molecule has 1 aliphatic carbocycles. The standard InChI is InChI=1S/C27H36ClN3O5S/c1-5-23(27(33)29-22-12-8-9-13-22)30(17-20-11-7-6-10-19(20)2)26(32)18-31(37(4,34)35)24-16-21(28)14-15-25(24)36-3/h6-7,10-11,14-16,22-23H,5,8-9,12-13,17-18H2,1-4H3,(H,29,33)/t23-/m1/s1. The van der Waals surface area contributed by atoms with Crippen molar-refractivity contribution < 1.29 is 22.7 Å². The van der Waals surface area contributed by atoms with E-state index < -0.39 is 28.5 Å². The summed E-state index contributed by atoms with van der Waals surface area (Å²) in [6.07, 6.45) is 5.39. The quantitative estimate of drug-likeness (QED) is 0.451. The van der Waals surface area contributed by atoms with Gasteiger partial charge < -0.3 is 15.0 Å². The summed E-state index contributed by atoms with van der Waals surface area (Å²) in [5, 5.41) is 3.41. The number of hydrogen-bond acceptors (Lipinski definition) is 5. The first-order valence-electron chi connectivity index (χ1n) is 12.5. The number of halogens is 1. The van der Waals surface area contributed by atoms with E-state index in [9.17, 15) is 18.0 Å². The van der Waals surface area contributed by atoms with E-state index in [4.69, 9.17) is 16.3 Å². The molecule has 0 radical (unpaired) electrons. The third-order valence-corrected chi connectivity index (χ3v) is 8.14. The zero-order chi connectivity index (χ0) is 27.2. The van der Waals surface area contributed by atoms with E-state index in [2.05, 4.69) is 5.32 Å². The minimum atomic E-state index is -3.90. The second-order valence-electron chi connectivity index (χ2n) is 9.45. The monoisotopic (exact) mass is 549 g/mol. The molecular formula is C27H36ClN3O5S. The molecule has 1 N–H and O–H groups in total. The van der Waals surface area contributed by atoms with Gasteiger partial charge in [0.25, 0.3) is 0 Å². The lowest BCUT2D eigenvalue weighted by atomic mass is 10.1. The Balaban J connectivity index is 1.98. The van der Waals surface area contributed by atoms with Gasteiger partial charge in [-0.05, 0) is 55.5 Å². The van der Waals surface area contributed by atoms with E-state index in [-0.39, 0.29) is 29.9 Å². The molecule has 202 valence electrons. The van der Waals surface area contributed by atoms with Crippen LogP contribution >= 0.6 is 11.6 Å². The number of hydrogen-bond donors (Lipinski definition) is 1. The fourth-order valence-electron chi connectivity index (χ4n) is 4.71. The molecule has 8 nitrogen and oxygen atoms in total. The Bertz CT molecular complexity index is 1210. The number of carbonyl (C=O) groups excluding carboxylic acids is 2. The largest absolute Gasteiger partial charge is 0.495 e. The van der Waals surface area contributed by atoms with Gasteiger partial charge in [-0.25, -0.2) is 8.42 Å². The van der Waals surface area contributed by atoms with Crippen molar-refractivity contribution in [3.05, 3.63) is 58.6 Å². The summed E-state index contributed by atoms with van der Waals surface area (Å²) >= 11 is 6.16. The average Bonchev–Trinajstić information content (AvgIpc) is 3.35. The third kappa shape index (κ3) is 7.38. The highest BCUT2D eigenvalue weighted by atomic mass is 35.5. The number of benzene rings is 2. The van der Waals surface area contributed by atoms with Crippen LogP contribution in [0.4, 0.5) is 5.69 Å². The molecule has 10 heteroatoms. The maximum atomic E-state index is 13.9. The van der Waals surface area contributed by atoms with Crippen LogP contribution in [0.25, 0.3) is 0 Å². The van der Waals surface area contributed by atoms with Gasteiger partial charge in [0.15, 0.2) is 0 Å². The fraction of sp³-hybridized carbons (Fsp3) is 0.481. The zero-order valence-electron chi connectivity index (χ0n) is 21.9. The summed E-state index contributed by atoms with van der Waals surface area (Å²) in [7, 11) is -2.48. The van der Waals surface area contributed by atoms with Crippen LogP contribution in [0.15, 0.2) is 42.5 Å². The van der Waals surface area contributed by atoms with E-state index in [1.165, 1.54) is 18.1 Å². The van der Waals surface area contributed by atoms with E-state index in [1.807, 2.05) is 38.1 Å². The molecule has 0 aliphatic heterocycles. The van der Waals surface area contributed by atoms with Gasteiger partial charge in [0.2, 0.25) is 21.8 Å². The number of anilines is 1. The molecule has 0 saturated heterocycles. The summed E-state index contributed by atoms with van der Waals surface area (Å²) in [6, 6.07) is 11.6. The minimum absolute atomic E-state index is 0.0974. The molecule has 0 unspecified atom stereocenters. The maximum Gasteiger partial charge on any atom is 0.244 e. The minimum Gasteiger partial charge on any atom is -0.495 e. The second-order valence-corrected chi connectivity index (χ2v) is 11.8. The van der Waals surface area contributed by atoms with Crippen LogP contribution in [-0.2, 0) is 26.2 Å². The van der Waals surface area contributed by atoms with Crippen LogP contribution in [0, 0.1) is 6.92 Å². The molecule has 37 heavy (non-hydrogen) atoms. The van der Waals surface area contributed by atoms with Crippen molar-refractivity contribution in [2.75, 3.05) is 24.2 Å². The normalized spacial score (nSPS) is 14.7. The SMILES string of the molecule is CC[C@H](C(=O)NC1CCCC1)N(Cc1ccccc1C)C(=O)CN(c1cc(Cl)ccc1OC)S(C)(=O)=O. The van der Waals surface area contributed by atoms with Crippen LogP contribution in [0.5, 0.6) is 5.75 Å². The van der Waals surface area contributed by atoms with E-state index in [0.717, 1.165) is 47.4 Å². The summed E-state index contributed by atoms with van der Waals surface area (Å²) in [5.74, 6) is -0.453. The van der Waals surface area contributed by atoms with Crippen molar-refractivity contribution in [2.24, 2.45) is 0 Å². The van der Waals surface area contributed by atoms with Crippen LogP contribution in [0.1, 0.15) is 50.2 Å². The lowest BCUT2D eigenvalue weighted by Gasteiger charge is -2.34. The van der Waals surface area contributed by atoms with Gasteiger partial charge in [-0.3, -0.25) is 13.9 Å². The molecule has 1 fully saturated rings. The van der Waals surface area contributed by atoms with Crippen molar-refractivity contribution in [1.82, 2.24) is 10.2 Å². The first-order valence-corrected chi connectivity index (χ1v) is 14.7. The highest BCUT2D eigenvalue weighted by Crippen LogP contribution is 2.33. The number of nitrogens with one attached hydrogen (secondary N) is 1. The number of amides is 2. The first kappa shape index (κ1) is 28.8. The highest BCUT2D eigenvalue weighted by Gasteiger charge is 2.34. The van der Waals surface area contributed by atoms with Crippen molar-refractivity contribution >= 4 is 39.1 Å². The van der Waals surface area contributed by atoms with Crippen LogP contribution in [0.2, 0.25) is 5.02 Å². The molecule has 0 spiro atoms. The predicted molar refractivity (Wildman–Crippen MR) is 146 cm³/mol. The number of carbonyl (C=O) groups is 2. The van der Waals surface area contributed by atoms with Gasteiger partial charge in [0.1, 0.15) is 18.3 Å². The number of sulfonamides is 1. The summed E-state index contributed by atoms with van der Waals surface area (Å²) in [6.45, 7) is 3.46. The topological polar surface area (TPSA) is 96.0 Å². The Kier molecular flexibility index (Phi) is 9.84. The number of aryl methyl sites for hydroxylation is 1. The molecule has 2 aromatic carbocycles. The molecule has 3 rings (SSSR count). The Morgan fingerprint density at radius 2 is 1.84 bits per heavy atom. The summed E-state index contributed by atoms with van der Waals surface area (Å²) < 4.78 is 32.1. The molecule has 1 atom stereocenters. The molecule has 0 bridgehead atoms. The van der Waals surface area contributed by atoms with Crippen LogP contribution < -0.4 is 14.4 Å². The van der Waals surface area contributed by atoms with Crippen LogP contribution in [0.3, 0.4) is 0 Å². The molecule has 1 saturated carbocycles. The highest BCUT2D eigenvalue weighted by molar-refractivity contribution is 7.92. The Morgan fingerprint density at radius 3 is 2.43 bits per heavy atom. The number of ether oxygens (including phenoxy) is 1. The van der Waals surface area contributed by atoms with Crippen LogP contribution in [-0.4, -0.2) is 57.1 Å². The fourth-order valence-corrected chi connectivity index (χ4v) is 5.72. The smallest absolute Gasteiger partial charge is 0.244 e. The van der Waals surface area contributed by atoms with Crippen molar-refractivity contribution in [3.63, 3.8) is 0 Å². The number of nitrogens with zero attached hydrogens (tertiary/aromatic N) is 2. The van der Waals surface area contributed by atoms with Crippen molar-refractivity contribution in [2.45, 2.75) is 64.6 Å². The Morgan fingerprint density at radius 1 is 1.16 bits per heavy atom. The molecule has 0 heterocycles. The van der Waals surface area contributed by atoms with Gasteiger partial charge in [0.05, 0.1) is 19.1 Å². The van der Waals surface area contributed by atoms with Crippen molar-refractivity contribution in [1.29, 1.82) is 0 Å². The lowest BCUT2D eigenvalue weighted by Crippen LogP contribution is -2.53. The number of methoxy groups -OCH3 is 1. The summed E-state index contributed by atoms with van der Waals surface area (Å²) in [4.78, 5) is 28.7. The van der Waals surface area contributed by atoms with E-state index >= 15 is 0 Å². The van der Waals surface area contributed by atoms with E-state index in [1.54, 1.807) is 12.1 Å². The van der Waals surface area contributed by atoms with E-state index in [0.29, 0.717) is 11.4 Å². The number of rotatable bonds is 11. The Hall–Kier alpha value is -2.78. The molecule has 2 aromatic rings. The third-order valence-electron chi connectivity index (χ3n) is 6.78. The second kappa shape index (κ2) is 12.6. The zero-order valence-corrected chi connectivity index (χ0v) is 23.4. The lowest BCUT2D eigenvalue weighted by molar-refractivity contribution is -0.140. The van der Waals surface area contributed by atoms with Crippen molar-refractivity contribution in [3.8, 4) is 5.75 Å². The summed E-state index contributed by atoms with van der Waals surface area (Å²) in [5.41, 5.74) is 2.02. The van der Waals surface area contributed by atoms with Gasteiger partial charge >= 0.3 is 0 Å². The molecule has 0 aromatic heterocycles. The van der Waals surface area contributed by atoms with Gasteiger partial charge in [-0.2, -0.15) is 0 Å². The maximum absolute atomic E-state index is 13.9. The molecule has 2 amide bonds.